The third-order valence-electron chi connectivity index (χ3n) is 2.70. The summed E-state index contributed by atoms with van der Waals surface area (Å²) in [6.07, 6.45) is -0.675. The Morgan fingerprint density at radius 1 is 0.818 bits per heavy atom. The molecule has 0 spiro atoms. The van der Waals surface area contributed by atoms with Gasteiger partial charge in [-0.15, -0.1) is 0 Å². The lowest BCUT2D eigenvalue weighted by Gasteiger charge is -2.05. The first-order valence-corrected chi connectivity index (χ1v) is 6.73. The summed E-state index contributed by atoms with van der Waals surface area (Å²) in [6.45, 7) is 0.356. The van der Waals surface area contributed by atoms with E-state index in [0.717, 1.165) is 17.5 Å². The zero-order chi connectivity index (χ0) is 16.2. The highest BCUT2D eigenvalue weighted by molar-refractivity contribution is 5.69. The molecule has 2 aromatic carbocycles. The van der Waals surface area contributed by atoms with E-state index in [9.17, 15) is 4.79 Å². The number of rotatable bonds is 5. The minimum Gasteiger partial charge on any atom is -0.461 e. The molecule has 0 aromatic heterocycles. The van der Waals surface area contributed by atoms with Gasteiger partial charge in [0, 0.05) is 6.42 Å². The van der Waals surface area contributed by atoms with Gasteiger partial charge in [0.25, 0.3) is 0 Å². The van der Waals surface area contributed by atoms with E-state index in [0.29, 0.717) is 13.0 Å². The predicted octanol–water partition coefficient (Wildman–Crippen LogP) is 3.59. The molecule has 0 atom stereocenters. The molecule has 22 heavy (non-hydrogen) atoms. The van der Waals surface area contributed by atoms with Crippen LogP contribution in [-0.4, -0.2) is 22.3 Å². The average Bonchev–Trinajstić information content (AvgIpc) is 2.52. The standard InChI is InChI=1S/C16H16O2.CH2O3/c17-16(12-11-14-7-3-1-4-8-14)18-13-15-9-5-2-6-10-15;2-1(3)4/h1-10H,11-13H2;(H2,2,3,4). The fraction of sp³-hybridized carbons (Fsp3) is 0.176. The molecule has 0 unspecified atom stereocenters. The number of carbonyl (C=O) groups excluding carboxylic acids is 1. The molecule has 0 radical (unpaired) electrons. The van der Waals surface area contributed by atoms with Crippen molar-refractivity contribution in [2.45, 2.75) is 19.4 Å². The number of carbonyl (C=O) groups is 2. The maximum Gasteiger partial charge on any atom is 0.503 e. The molecule has 5 heteroatoms. The van der Waals surface area contributed by atoms with E-state index in [1.165, 1.54) is 0 Å². The lowest BCUT2D eigenvalue weighted by Crippen LogP contribution is -2.05. The Balaban J connectivity index is 0.000000541. The van der Waals surface area contributed by atoms with Crippen LogP contribution in [0.5, 0.6) is 0 Å². The van der Waals surface area contributed by atoms with E-state index >= 15 is 0 Å². The molecule has 2 N–H and O–H groups in total. The molecule has 2 rings (SSSR count). The summed E-state index contributed by atoms with van der Waals surface area (Å²) in [4.78, 5) is 20.1. The zero-order valence-corrected chi connectivity index (χ0v) is 12.0. The van der Waals surface area contributed by atoms with Gasteiger partial charge in [0.05, 0.1) is 0 Å². The Labute approximate surface area is 128 Å². The molecular weight excluding hydrogens is 284 g/mol. The average molecular weight is 302 g/mol. The molecule has 0 saturated heterocycles. The van der Waals surface area contributed by atoms with Crippen molar-refractivity contribution < 1.29 is 24.5 Å². The maximum atomic E-state index is 11.6. The Hall–Kier alpha value is -2.82. The molecule has 0 aliphatic heterocycles. The van der Waals surface area contributed by atoms with Crippen LogP contribution in [0.4, 0.5) is 4.79 Å². The van der Waals surface area contributed by atoms with E-state index in [4.69, 9.17) is 19.7 Å². The van der Waals surface area contributed by atoms with Gasteiger partial charge in [-0.2, -0.15) is 0 Å². The first kappa shape index (κ1) is 17.2. The fourth-order valence-electron chi connectivity index (χ4n) is 1.70. The van der Waals surface area contributed by atoms with E-state index in [1.54, 1.807) is 0 Å². The number of hydrogen-bond donors (Lipinski definition) is 2. The second-order valence-electron chi connectivity index (χ2n) is 4.41. The van der Waals surface area contributed by atoms with Crippen molar-refractivity contribution in [3.8, 4) is 0 Å². The largest absolute Gasteiger partial charge is 0.503 e. The van der Waals surface area contributed by atoms with Crippen LogP contribution in [0.15, 0.2) is 60.7 Å². The number of hydrogen-bond acceptors (Lipinski definition) is 3. The topological polar surface area (TPSA) is 83.8 Å². The molecule has 0 aliphatic carbocycles. The van der Waals surface area contributed by atoms with Crippen LogP contribution in [0.1, 0.15) is 17.5 Å². The third-order valence-corrected chi connectivity index (χ3v) is 2.70. The van der Waals surface area contributed by atoms with Crippen LogP contribution in [0.3, 0.4) is 0 Å². The summed E-state index contributed by atoms with van der Waals surface area (Å²) in [5, 5.41) is 13.9. The normalized spacial score (nSPS) is 9.27. The number of aryl methyl sites for hydroxylation is 1. The van der Waals surface area contributed by atoms with E-state index < -0.39 is 6.16 Å². The van der Waals surface area contributed by atoms with Crippen LogP contribution >= 0.6 is 0 Å². The van der Waals surface area contributed by atoms with Crippen LogP contribution in [0, 0.1) is 0 Å². The van der Waals surface area contributed by atoms with Crippen molar-refractivity contribution in [1.29, 1.82) is 0 Å². The van der Waals surface area contributed by atoms with E-state index in [1.807, 2.05) is 60.7 Å². The van der Waals surface area contributed by atoms with Gasteiger partial charge in [0.15, 0.2) is 0 Å². The summed E-state index contributed by atoms with van der Waals surface area (Å²) >= 11 is 0. The van der Waals surface area contributed by atoms with Gasteiger partial charge in [-0.05, 0) is 17.5 Å². The van der Waals surface area contributed by atoms with Crippen LogP contribution < -0.4 is 0 Å². The lowest BCUT2D eigenvalue weighted by molar-refractivity contribution is -0.144. The SMILES string of the molecule is O=C(CCc1ccccc1)OCc1ccccc1.O=C(O)O. The molecule has 5 nitrogen and oxygen atoms in total. The van der Waals surface area contributed by atoms with Gasteiger partial charge in [0.2, 0.25) is 0 Å². The lowest BCUT2D eigenvalue weighted by atomic mass is 10.1. The smallest absolute Gasteiger partial charge is 0.461 e. The predicted molar refractivity (Wildman–Crippen MR) is 81.7 cm³/mol. The van der Waals surface area contributed by atoms with Crippen molar-refractivity contribution >= 4 is 12.1 Å². The number of ether oxygens (including phenoxy) is 1. The van der Waals surface area contributed by atoms with Crippen molar-refractivity contribution in [3.05, 3.63) is 71.8 Å². The number of benzene rings is 2. The first-order chi connectivity index (χ1) is 10.6. The molecule has 116 valence electrons. The fourth-order valence-corrected chi connectivity index (χ4v) is 1.70. The van der Waals surface area contributed by atoms with Crippen molar-refractivity contribution in [3.63, 3.8) is 0 Å². The number of esters is 1. The summed E-state index contributed by atoms with van der Waals surface area (Å²) in [5.41, 5.74) is 2.18. The summed E-state index contributed by atoms with van der Waals surface area (Å²) in [6, 6.07) is 19.7. The highest BCUT2D eigenvalue weighted by Crippen LogP contribution is 2.05. The maximum absolute atomic E-state index is 11.6. The Morgan fingerprint density at radius 2 is 1.27 bits per heavy atom. The zero-order valence-electron chi connectivity index (χ0n) is 12.0. The highest BCUT2D eigenvalue weighted by atomic mass is 16.6. The van der Waals surface area contributed by atoms with Crippen molar-refractivity contribution in [1.82, 2.24) is 0 Å². The molecule has 0 heterocycles. The van der Waals surface area contributed by atoms with E-state index in [-0.39, 0.29) is 5.97 Å². The molecular formula is C17H18O5. The van der Waals surface area contributed by atoms with Gasteiger partial charge >= 0.3 is 12.1 Å². The number of carboxylic acid groups (broad SMARTS) is 2. The molecule has 0 aliphatic rings. The minimum atomic E-state index is -1.83. The molecule has 2 aromatic rings. The summed E-state index contributed by atoms with van der Waals surface area (Å²) < 4.78 is 5.21. The molecule has 0 saturated carbocycles. The molecule has 0 bridgehead atoms. The van der Waals surface area contributed by atoms with E-state index in [2.05, 4.69) is 0 Å². The minimum absolute atomic E-state index is 0.150. The Kier molecular flexibility index (Phi) is 7.82. The molecule has 0 amide bonds. The second kappa shape index (κ2) is 9.99. The summed E-state index contributed by atoms with van der Waals surface area (Å²) in [5.74, 6) is -0.150. The van der Waals surface area contributed by atoms with Gasteiger partial charge in [-0.3, -0.25) is 4.79 Å². The Bertz CT molecular complexity index is 517. The second-order valence-corrected chi connectivity index (χ2v) is 4.41. The van der Waals surface area contributed by atoms with Crippen LogP contribution in [-0.2, 0) is 22.6 Å². The van der Waals surface area contributed by atoms with Crippen molar-refractivity contribution in [2.75, 3.05) is 0 Å². The highest BCUT2D eigenvalue weighted by Gasteiger charge is 2.03. The van der Waals surface area contributed by atoms with Gasteiger partial charge in [-0.25, -0.2) is 4.79 Å². The van der Waals surface area contributed by atoms with Crippen molar-refractivity contribution in [2.24, 2.45) is 0 Å². The Morgan fingerprint density at radius 3 is 1.77 bits per heavy atom. The van der Waals surface area contributed by atoms with Crippen LogP contribution in [0.25, 0.3) is 0 Å². The quantitative estimate of drug-likeness (QED) is 0.825. The third kappa shape index (κ3) is 8.37. The van der Waals surface area contributed by atoms with Gasteiger partial charge in [-0.1, -0.05) is 60.7 Å². The monoisotopic (exact) mass is 302 g/mol. The first-order valence-electron chi connectivity index (χ1n) is 6.73. The van der Waals surface area contributed by atoms with Gasteiger partial charge < -0.3 is 14.9 Å². The van der Waals surface area contributed by atoms with Crippen LogP contribution in [0.2, 0.25) is 0 Å². The van der Waals surface area contributed by atoms with Gasteiger partial charge in [0.1, 0.15) is 6.61 Å². The molecule has 0 fully saturated rings. The summed E-state index contributed by atoms with van der Waals surface area (Å²) in [7, 11) is 0.